The van der Waals surface area contributed by atoms with Crippen LogP contribution in [0.1, 0.15) is 43.2 Å². The number of benzene rings is 2. The van der Waals surface area contributed by atoms with Gasteiger partial charge in [-0.15, -0.1) is 0 Å². The summed E-state index contributed by atoms with van der Waals surface area (Å²) in [6, 6.07) is 13.3. The molecule has 0 aliphatic heterocycles. The lowest BCUT2D eigenvalue weighted by molar-refractivity contribution is -0.128. The molecule has 1 aromatic heterocycles. The van der Waals surface area contributed by atoms with Crippen molar-refractivity contribution in [3.05, 3.63) is 64.5 Å². The number of fused-ring (bicyclic) bond motifs is 1. The largest absolute Gasteiger partial charge is 0.481 e. The Morgan fingerprint density at radius 1 is 1.20 bits per heavy atom. The lowest BCUT2D eigenvalue weighted by Gasteiger charge is -2.20. The second-order valence-electron chi connectivity index (χ2n) is 7.39. The summed E-state index contributed by atoms with van der Waals surface area (Å²) in [5.41, 5.74) is 3.47. The van der Waals surface area contributed by atoms with E-state index in [1.165, 1.54) is 24.0 Å². The zero-order valence-electron chi connectivity index (χ0n) is 16.9. The second-order valence-corrected chi connectivity index (χ2v) is 7.83. The maximum atomic E-state index is 12.6. The van der Waals surface area contributed by atoms with Crippen LogP contribution in [0.3, 0.4) is 0 Å². The Hall–Kier alpha value is -2.86. The van der Waals surface area contributed by atoms with Gasteiger partial charge in [-0.05, 0) is 67.5 Å². The Balaban J connectivity index is 1.36. The van der Waals surface area contributed by atoms with Crippen LogP contribution in [0, 0.1) is 0 Å². The molecule has 0 saturated carbocycles. The van der Waals surface area contributed by atoms with Gasteiger partial charge in [0.25, 0.3) is 5.91 Å². The van der Waals surface area contributed by atoms with Gasteiger partial charge in [-0.2, -0.15) is 4.98 Å². The fourth-order valence-corrected chi connectivity index (χ4v) is 3.81. The van der Waals surface area contributed by atoms with Crippen LogP contribution in [0.25, 0.3) is 11.4 Å². The number of aryl methyl sites for hydroxylation is 2. The summed E-state index contributed by atoms with van der Waals surface area (Å²) < 4.78 is 11.2. The molecule has 0 saturated heterocycles. The summed E-state index contributed by atoms with van der Waals surface area (Å²) in [6.07, 6.45) is 4.61. The molecule has 7 heteroatoms. The Labute approximate surface area is 180 Å². The topological polar surface area (TPSA) is 77.2 Å². The first-order chi connectivity index (χ1) is 14.6. The van der Waals surface area contributed by atoms with E-state index < -0.39 is 6.10 Å². The Morgan fingerprint density at radius 3 is 2.83 bits per heavy atom. The van der Waals surface area contributed by atoms with Gasteiger partial charge in [0.2, 0.25) is 11.7 Å². The molecule has 4 rings (SSSR count). The summed E-state index contributed by atoms with van der Waals surface area (Å²) in [5, 5.41) is 7.37. The van der Waals surface area contributed by atoms with E-state index in [2.05, 4.69) is 27.6 Å². The molecule has 2 aromatic carbocycles. The summed E-state index contributed by atoms with van der Waals surface area (Å²) >= 11 is 6.00. The van der Waals surface area contributed by atoms with Crippen LogP contribution in [-0.4, -0.2) is 22.2 Å². The monoisotopic (exact) mass is 425 g/mol. The number of amides is 1. The summed E-state index contributed by atoms with van der Waals surface area (Å²) in [4.78, 5) is 16.9. The molecule has 156 valence electrons. The fraction of sp³-hybridized carbons (Fsp3) is 0.348. The number of carbonyl (C=O) groups is 1. The average Bonchev–Trinajstić information content (AvgIpc) is 3.25. The van der Waals surface area contributed by atoms with Crippen LogP contribution in [0.2, 0.25) is 5.02 Å². The first kappa shape index (κ1) is 20.4. The molecule has 0 spiro atoms. The highest BCUT2D eigenvalue weighted by atomic mass is 35.5. The van der Waals surface area contributed by atoms with Crippen molar-refractivity contribution in [2.24, 2.45) is 0 Å². The van der Waals surface area contributed by atoms with Crippen molar-refractivity contribution in [3.63, 3.8) is 0 Å². The minimum absolute atomic E-state index is 0.135. The van der Waals surface area contributed by atoms with Crippen LogP contribution >= 0.6 is 11.6 Å². The average molecular weight is 426 g/mol. The molecular formula is C23H24ClN3O3. The van der Waals surface area contributed by atoms with Crippen molar-refractivity contribution in [1.29, 1.82) is 0 Å². The van der Waals surface area contributed by atoms with Crippen molar-refractivity contribution < 1.29 is 14.1 Å². The molecule has 30 heavy (non-hydrogen) atoms. The molecule has 1 heterocycles. The third-order valence-electron chi connectivity index (χ3n) is 5.23. The number of rotatable bonds is 7. The predicted octanol–water partition coefficient (Wildman–Crippen LogP) is 4.74. The fourth-order valence-electron chi connectivity index (χ4n) is 3.62. The van der Waals surface area contributed by atoms with E-state index in [1.807, 2.05) is 25.1 Å². The van der Waals surface area contributed by atoms with E-state index >= 15 is 0 Å². The van der Waals surface area contributed by atoms with Gasteiger partial charge >= 0.3 is 0 Å². The third kappa shape index (κ3) is 4.82. The number of halogens is 1. The molecule has 0 fully saturated rings. The number of ether oxygens (including phenoxy) is 1. The van der Waals surface area contributed by atoms with Crippen molar-refractivity contribution >= 4 is 17.5 Å². The van der Waals surface area contributed by atoms with E-state index in [0.29, 0.717) is 23.2 Å². The number of nitrogens with zero attached hydrogens (tertiary/aromatic N) is 2. The standard InChI is InChI=1S/C23H24ClN3O3/c1-2-20(29-19-11-10-15-6-3-4-7-16(15)13-19)23(28)25-14-21-26-22(27-30-21)17-8-5-9-18(24)12-17/h5,8-13,20H,2-4,6-7,14H2,1H3,(H,25,28). The summed E-state index contributed by atoms with van der Waals surface area (Å²) in [6.45, 7) is 2.06. The van der Waals surface area contributed by atoms with Crippen molar-refractivity contribution in [3.8, 4) is 17.1 Å². The van der Waals surface area contributed by atoms with Crippen LogP contribution in [0.4, 0.5) is 0 Å². The highest BCUT2D eigenvalue weighted by Gasteiger charge is 2.20. The van der Waals surface area contributed by atoms with Crippen LogP contribution in [0.5, 0.6) is 5.75 Å². The van der Waals surface area contributed by atoms with E-state index in [0.717, 1.165) is 24.2 Å². The number of nitrogens with one attached hydrogen (secondary N) is 1. The highest BCUT2D eigenvalue weighted by molar-refractivity contribution is 6.30. The van der Waals surface area contributed by atoms with Gasteiger partial charge in [-0.1, -0.05) is 41.9 Å². The smallest absolute Gasteiger partial charge is 0.261 e. The van der Waals surface area contributed by atoms with Crippen LogP contribution < -0.4 is 10.1 Å². The van der Waals surface area contributed by atoms with Gasteiger partial charge in [0.15, 0.2) is 6.10 Å². The molecule has 1 atom stereocenters. The molecular weight excluding hydrogens is 402 g/mol. The summed E-state index contributed by atoms with van der Waals surface area (Å²) in [5.74, 6) is 1.28. The van der Waals surface area contributed by atoms with Crippen LogP contribution in [-0.2, 0) is 24.2 Å². The maximum absolute atomic E-state index is 12.6. The predicted molar refractivity (Wildman–Crippen MR) is 114 cm³/mol. The number of aromatic nitrogens is 2. The minimum Gasteiger partial charge on any atom is -0.481 e. The zero-order valence-corrected chi connectivity index (χ0v) is 17.6. The van der Waals surface area contributed by atoms with Gasteiger partial charge in [-0.3, -0.25) is 4.79 Å². The van der Waals surface area contributed by atoms with Gasteiger partial charge in [0.1, 0.15) is 5.75 Å². The Bertz CT molecular complexity index is 1030. The Morgan fingerprint density at radius 2 is 2.03 bits per heavy atom. The van der Waals surface area contributed by atoms with Crippen molar-refractivity contribution in [2.75, 3.05) is 0 Å². The molecule has 1 aliphatic rings. The van der Waals surface area contributed by atoms with E-state index in [-0.39, 0.29) is 12.5 Å². The number of carbonyl (C=O) groups excluding carboxylic acids is 1. The summed E-state index contributed by atoms with van der Waals surface area (Å²) in [7, 11) is 0. The zero-order chi connectivity index (χ0) is 20.9. The number of hydrogen-bond donors (Lipinski definition) is 1. The highest BCUT2D eigenvalue weighted by Crippen LogP contribution is 2.26. The quantitative estimate of drug-likeness (QED) is 0.591. The van der Waals surface area contributed by atoms with E-state index in [9.17, 15) is 4.79 Å². The number of hydrogen-bond acceptors (Lipinski definition) is 5. The first-order valence-corrected chi connectivity index (χ1v) is 10.6. The molecule has 0 radical (unpaired) electrons. The van der Waals surface area contributed by atoms with Crippen molar-refractivity contribution in [2.45, 2.75) is 51.7 Å². The maximum Gasteiger partial charge on any atom is 0.261 e. The first-order valence-electron chi connectivity index (χ1n) is 10.3. The minimum atomic E-state index is -0.582. The molecule has 3 aromatic rings. The van der Waals surface area contributed by atoms with Gasteiger partial charge in [-0.25, -0.2) is 0 Å². The molecule has 1 unspecified atom stereocenters. The third-order valence-corrected chi connectivity index (χ3v) is 5.46. The van der Waals surface area contributed by atoms with E-state index in [4.69, 9.17) is 20.9 Å². The van der Waals surface area contributed by atoms with Gasteiger partial charge in [0, 0.05) is 10.6 Å². The normalized spacial score (nSPS) is 14.1. The van der Waals surface area contributed by atoms with Crippen molar-refractivity contribution in [1.82, 2.24) is 15.5 Å². The molecule has 1 aliphatic carbocycles. The second kappa shape index (κ2) is 9.30. The Kier molecular flexibility index (Phi) is 6.33. The lowest BCUT2D eigenvalue weighted by Crippen LogP contribution is -2.37. The van der Waals surface area contributed by atoms with Gasteiger partial charge in [0.05, 0.1) is 6.54 Å². The van der Waals surface area contributed by atoms with Crippen LogP contribution in [0.15, 0.2) is 47.0 Å². The van der Waals surface area contributed by atoms with E-state index in [1.54, 1.807) is 12.1 Å². The SMILES string of the molecule is CCC(Oc1ccc2c(c1)CCCC2)C(=O)NCc1nc(-c2cccc(Cl)c2)no1. The molecule has 0 bridgehead atoms. The molecule has 1 amide bonds. The van der Waals surface area contributed by atoms with Gasteiger partial charge < -0.3 is 14.6 Å². The molecule has 1 N–H and O–H groups in total. The lowest BCUT2D eigenvalue weighted by atomic mass is 9.92. The molecule has 6 nitrogen and oxygen atoms in total.